The van der Waals surface area contributed by atoms with E-state index in [-0.39, 0.29) is 22.5 Å². The van der Waals surface area contributed by atoms with E-state index in [2.05, 4.69) is 0 Å². The van der Waals surface area contributed by atoms with Gasteiger partial charge in [0, 0.05) is 17.2 Å². The molecule has 4 nitrogen and oxygen atoms in total. The first-order valence-corrected chi connectivity index (χ1v) is 8.49. The zero-order chi connectivity index (χ0) is 18.8. The van der Waals surface area contributed by atoms with E-state index in [1.807, 2.05) is 36.4 Å². The Hall–Kier alpha value is -3.66. The summed E-state index contributed by atoms with van der Waals surface area (Å²) in [5, 5.41) is 0.342. The first-order valence-electron chi connectivity index (χ1n) is 8.49. The van der Waals surface area contributed by atoms with Gasteiger partial charge < -0.3 is 9.15 Å². The van der Waals surface area contributed by atoms with Gasteiger partial charge in [-0.3, -0.25) is 9.59 Å². The lowest BCUT2D eigenvalue weighted by Gasteiger charge is -2.10. The number of benzene rings is 3. The first kappa shape index (κ1) is 16.8. The number of ketones is 1. The highest BCUT2D eigenvalue weighted by Gasteiger charge is 2.23. The molecule has 0 radical (unpaired) electrons. The molecule has 0 bridgehead atoms. The standard InChI is InChI=1S/C23H16O4/c1-26-17-12-13-18-19(14-17)27-23(16-10-6-3-7-11-16)20(22(18)25)21(24)15-8-4-2-5-9-15/h2-14H,1H3. The van der Waals surface area contributed by atoms with E-state index in [9.17, 15) is 9.59 Å². The van der Waals surface area contributed by atoms with Crippen LogP contribution in [0.3, 0.4) is 0 Å². The monoisotopic (exact) mass is 356 g/mol. The van der Waals surface area contributed by atoms with Crippen LogP contribution in [-0.2, 0) is 0 Å². The van der Waals surface area contributed by atoms with Gasteiger partial charge in [-0.15, -0.1) is 0 Å². The molecule has 0 aliphatic rings. The SMILES string of the molecule is COc1ccc2c(=O)c(C(=O)c3ccccc3)c(-c3ccccc3)oc2c1. The van der Waals surface area contributed by atoms with Gasteiger partial charge in [-0.05, 0) is 12.1 Å². The lowest BCUT2D eigenvalue weighted by molar-refractivity contribution is 0.103. The van der Waals surface area contributed by atoms with E-state index in [1.54, 1.807) is 49.6 Å². The maximum absolute atomic E-state index is 13.2. The Kier molecular flexibility index (Phi) is 4.30. The van der Waals surface area contributed by atoms with E-state index in [1.165, 1.54) is 0 Å². The number of hydrogen-bond donors (Lipinski definition) is 0. The maximum atomic E-state index is 13.2. The van der Waals surface area contributed by atoms with Crippen LogP contribution in [0.15, 0.2) is 88.1 Å². The highest BCUT2D eigenvalue weighted by molar-refractivity contribution is 6.13. The molecule has 4 heteroatoms. The second-order valence-electron chi connectivity index (χ2n) is 6.06. The smallest absolute Gasteiger partial charge is 0.204 e. The van der Waals surface area contributed by atoms with Crippen LogP contribution < -0.4 is 10.2 Å². The Balaban J connectivity index is 2.05. The minimum atomic E-state index is -0.360. The summed E-state index contributed by atoms with van der Waals surface area (Å²) in [6.45, 7) is 0. The topological polar surface area (TPSA) is 56.5 Å². The molecule has 0 unspecified atom stereocenters. The Morgan fingerprint density at radius 2 is 1.56 bits per heavy atom. The third kappa shape index (κ3) is 3.02. The highest BCUT2D eigenvalue weighted by Crippen LogP contribution is 2.29. The van der Waals surface area contributed by atoms with Crippen molar-refractivity contribution in [2.45, 2.75) is 0 Å². The van der Waals surface area contributed by atoms with Gasteiger partial charge in [-0.1, -0.05) is 60.7 Å². The quantitative estimate of drug-likeness (QED) is 0.497. The normalized spacial score (nSPS) is 10.7. The Morgan fingerprint density at radius 3 is 2.22 bits per heavy atom. The Bertz CT molecular complexity index is 1180. The molecular formula is C23H16O4. The van der Waals surface area contributed by atoms with Crippen molar-refractivity contribution in [3.63, 3.8) is 0 Å². The van der Waals surface area contributed by atoms with Crippen LogP contribution in [0.5, 0.6) is 5.75 Å². The molecule has 1 heterocycles. The summed E-state index contributed by atoms with van der Waals surface area (Å²) in [5.41, 5.74) is 1.16. The maximum Gasteiger partial charge on any atom is 0.204 e. The minimum absolute atomic E-state index is 0.0325. The van der Waals surface area contributed by atoms with E-state index < -0.39 is 0 Å². The van der Waals surface area contributed by atoms with Crippen LogP contribution in [0.25, 0.3) is 22.3 Å². The number of carbonyl (C=O) groups is 1. The number of methoxy groups -OCH3 is 1. The van der Waals surface area contributed by atoms with Crippen molar-refractivity contribution in [2.75, 3.05) is 7.11 Å². The molecule has 0 saturated heterocycles. The molecule has 132 valence electrons. The minimum Gasteiger partial charge on any atom is -0.497 e. The molecule has 0 aliphatic heterocycles. The van der Waals surface area contributed by atoms with Crippen molar-refractivity contribution < 1.29 is 13.9 Å². The van der Waals surface area contributed by atoms with Crippen molar-refractivity contribution in [3.05, 3.63) is 100 Å². The molecule has 4 aromatic rings. The van der Waals surface area contributed by atoms with Crippen LogP contribution in [0.4, 0.5) is 0 Å². The predicted octanol–water partition coefficient (Wildman–Crippen LogP) is 4.70. The van der Waals surface area contributed by atoms with Gasteiger partial charge in [0.05, 0.1) is 12.5 Å². The molecular weight excluding hydrogens is 340 g/mol. The van der Waals surface area contributed by atoms with Crippen LogP contribution in [-0.4, -0.2) is 12.9 Å². The number of ether oxygens (including phenoxy) is 1. The molecule has 4 rings (SSSR count). The Labute approximate surface area is 155 Å². The second-order valence-corrected chi connectivity index (χ2v) is 6.06. The third-order valence-corrected chi connectivity index (χ3v) is 4.40. The summed E-state index contributed by atoms with van der Waals surface area (Å²) < 4.78 is 11.3. The lowest BCUT2D eigenvalue weighted by Crippen LogP contribution is -2.18. The van der Waals surface area contributed by atoms with E-state index >= 15 is 0 Å². The molecule has 3 aromatic carbocycles. The van der Waals surface area contributed by atoms with Crippen molar-refractivity contribution in [3.8, 4) is 17.1 Å². The van der Waals surface area contributed by atoms with Crippen LogP contribution >= 0.6 is 0 Å². The van der Waals surface area contributed by atoms with Crippen molar-refractivity contribution >= 4 is 16.8 Å². The second kappa shape index (κ2) is 6.92. The molecule has 0 amide bonds. The van der Waals surface area contributed by atoms with E-state index in [4.69, 9.17) is 9.15 Å². The number of hydrogen-bond acceptors (Lipinski definition) is 4. The lowest BCUT2D eigenvalue weighted by atomic mass is 9.97. The van der Waals surface area contributed by atoms with Crippen molar-refractivity contribution in [2.24, 2.45) is 0 Å². The average molecular weight is 356 g/mol. The summed E-state index contributed by atoms with van der Waals surface area (Å²) in [6.07, 6.45) is 0. The van der Waals surface area contributed by atoms with Crippen LogP contribution in [0, 0.1) is 0 Å². The van der Waals surface area contributed by atoms with Gasteiger partial charge >= 0.3 is 0 Å². The van der Waals surface area contributed by atoms with Gasteiger partial charge in [-0.25, -0.2) is 0 Å². The zero-order valence-corrected chi connectivity index (χ0v) is 14.6. The Morgan fingerprint density at radius 1 is 0.889 bits per heavy atom. The summed E-state index contributed by atoms with van der Waals surface area (Å²) in [5.74, 6) is 0.475. The summed E-state index contributed by atoms with van der Waals surface area (Å²) in [7, 11) is 1.55. The first-order chi connectivity index (χ1) is 13.2. The zero-order valence-electron chi connectivity index (χ0n) is 14.6. The highest BCUT2D eigenvalue weighted by atomic mass is 16.5. The molecule has 1 aromatic heterocycles. The van der Waals surface area contributed by atoms with Gasteiger partial charge in [0.2, 0.25) is 11.2 Å². The molecule has 0 fully saturated rings. The molecule has 27 heavy (non-hydrogen) atoms. The summed E-state index contributed by atoms with van der Waals surface area (Å²) in [6, 6.07) is 22.8. The molecule has 0 spiro atoms. The van der Waals surface area contributed by atoms with Gasteiger partial charge in [0.1, 0.15) is 22.7 Å². The van der Waals surface area contributed by atoms with Gasteiger partial charge in [-0.2, -0.15) is 0 Å². The summed E-state index contributed by atoms with van der Waals surface area (Å²) in [4.78, 5) is 26.4. The van der Waals surface area contributed by atoms with E-state index in [0.29, 0.717) is 27.8 Å². The van der Waals surface area contributed by atoms with Gasteiger partial charge in [0.25, 0.3) is 0 Å². The predicted molar refractivity (Wildman–Crippen MR) is 104 cm³/mol. The molecule has 0 atom stereocenters. The van der Waals surface area contributed by atoms with Crippen molar-refractivity contribution in [1.29, 1.82) is 0 Å². The number of carbonyl (C=O) groups excluding carboxylic acids is 1. The molecule has 0 N–H and O–H groups in total. The average Bonchev–Trinajstić information content (AvgIpc) is 2.74. The van der Waals surface area contributed by atoms with Crippen molar-refractivity contribution in [1.82, 2.24) is 0 Å². The number of fused-ring (bicyclic) bond motifs is 1. The fourth-order valence-corrected chi connectivity index (χ4v) is 3.03. The number of rotatable bonds is 4. The van der Waals surface area contributed by atoms with Crippen LogP contribution in [0.2, 0.25) is 0 Å². The third-order valence-electron chi connectivity index (χ3n) is 4.40. The summed E-state index contributed by atoms with van der Waals surface area (Å²) >= 11 is 0. The van der Waals surface area contributed by atoms with Gasteiger partial charge in [0.15, 0.2) is 0 Å². The molecule has 0 aliphatic carbocycles. The fraction of sp³-hybridized carbons (Fsp3) is 0.0435. The fourth-order valence-electron chi connectivity index (χ4n) is 3.03. The molecule has 0 saturated carbocycles. The van der Waals surface area contributed by atoms with E-state index in [0.717, 1.165) is 0 Å². The van der Waals surface area contributed by atoms with Crippen LogP contribution in [0.1, 0.15) is 15.9 Å². The largest absolute Gasteiger partial charge is 0.497 e.